The summed E-state index contributed by atoms with van der Waals surface area (Å²) in [6.45, 7) is 1.09. The summed E-state index contributed by atoms with van der Waals surface area (Å²) < 4.78 is 37.9. The number of hydrogen-bond donors (Lipinski definition) is 2. The highest BCUT2D eigenvalue weighted by Crippen LogP contribution is 2.31. The van der Waals surface area contributed by atoms with Crippen molar-refractivity contribution in [2.75, 3.05) is 33.5 Å². The van der Waals surface area contributed by atoms with Crippen molar-refractivity contribution < 1.29 is 23.0 Å². The summed E-state index contributed by atoms with van der Waals surface area (Å²) in [5.41, 5.74) is -0.489. The number of aliphatic hydroxyl groups excluding tert-OH is 1. The molecule has 1 aromatic rings. The zero-order valence-electron chi connectivity index (χ0n) is 12.3. The van der Waals surface area contributed by atoms with Gasteiger partial charge in [-0.3, -0.25) is 0 Å². The number of sulfonamides is 1. The van der Waals surface area contributed by atoms with E-state index in [2.05, 4.69) is 4.72 Å². The molecule has 1 aromatic carbocycles. The maximum Gasteiger partial charge on any atom is 0.244 e. The van der Waals surface area contributed by atoms with Gasteiger partial charge in [0.25, 0.3) is 0 Å². The number of aliphatic hydroxyl groups is 1. The van der Waals surface area contributed by atoms with Gasteiger partial charge in [-0.1, -0.05) is 11.6 Å². The first-order valence-corrected chi connectivity index (χ1v) is 8.80. The zero-order chi connectivity index (χ0) is 16.2. The SMILES string of the molecule is COc1ccc(Cl)cc1S(=O)(=O)NCC1(CO)CCOCC1. The van der Waals surface area contributed by atoms with Crippen LogP contribution in [0.3, 0.4) is 0 Å². The van der Waals surface area contributed by atoms with Gasteiger partial charge in [0, 0.05) is 30.2 Å². The second-order valence-corrected chi connectivity index (χ2v) is 7.56. The largest absolute Gasteiger partial charge is 0.495 e. The summed E-state index contributed by atoms with van der Waals surface area (Å²) in [6.07, 6.45) is 1.22. The van der Waals surface area contributed by atoms with Gasteiger partial charge < -0.3 is 14.6 Å². The Balaban J connectivity index is 2.19. The van der Waals surface area contributed by atoms with Gasteiger partial charge in [-0.15, -0.1) is 0 Å². The van der Waals surface area contributed by atoms with Gasteiger partial charge in [-0.25, -0.2) is 13.1 Å². The van der Waals surface area contributed by atoms with E-state index in [0.29, 0.717) is 31.1 Å². The molecule has 0 aromatic heterocycles. The summed E-state index contributed by atoms with van der Waals surface area (Å²) >= 11 is 5.88. The minimum absolute atomic E-state index is 0.0114. The smallest absolute Gasteiger partial charge is 0.244 e. The van der Waals surface area contributed by atoms with E-state index in [-0.39, 0.29) is 23.8 Å². The quantitative estimate of drug-likeness (QED) is 0.811. The van der Waals surface area contributed by atoms with E-state index in [9.17, 15) is 13.5 Å². The van der Waals surface area contributed by atoms with Gasteiger partial charge in [-0.05, 0) is 31.0 Å². The Labute approximate surface area is 135 Å². The molecule has 1 aliphatic heterocycles. The van der Waals surface area contributed by atoms with Gasteiger partial charge in [0.1, 0.15) is 10.6 Å². The molecule has 1 aliphatic rings. The molecule has 6 nitrogen and oxygen atoms in total. The number of benzene rings is 1. The van der Waals surface area contributed by atoms with E-state index in [1.54, 1.807) is 6.07 Å². The third-order valence-electron chi connectivity index (χ3n) is 3.94. The Bertz CT molecular complexity index is 614. The number of halogens is 1. The van der Waals surface area contributed by atoms with Crippen molar-refractivity contribution in [3.63, 3.8) is 0 Å². The average Bonchev–Trinajstić information content (AvgIpc) is 2.54. The lowest BCUT2D eigenvalue weighted by Gasteiger charge is -2.35. The van der Waals surface area contributed by atoms with E-state index in [1.165, 1.54) is 19.2 Å². The minimum atomic E-state index is -3.78. The van der Waals surface area contributed by atoms with Crippen LogP contribution in [0.15, 0.2) is 23.1 Å². The second-order valence-electron chi connectivity index (χ2n) is 5.39. The van der Waals surface area contributed by atoms with Crippen molar-refractivity contribution in [3.8, 4) is 5.75 Å². The van der Waals surface area contributed by atoms with Crippen LogP contribution in [0.25, 0.3) is 0 Å². The molecule has 2 rings (SSSR count). The van der Waals surface area contributed by atoms with Gasteiger partial charge in [-0.2, -0.15) is 0 Å². The summed E-state index contributed by atoms with van der Waals surface area (Å²) in [7, 11) is -2.39. The summed E-state index contributed by atoms with van der Waals surface area (Å²) in [5.74, 6) is 0.224. The van der Waals surface area contributed by atoms with Crippen LogP contribution in [0.1, 0.15) is 12.8 Å². The Morgan fingerprint density at radius 2 is 2.09 bits per heavy atom. The monoisotopic (exact) mass is 349 g/mol. The normalized spacial score (nSPS) is 18.1. The lowest BCUT2D eigenvalue weighted by atomic mass is 9.81. The Morgan fingerprint density at radius 3 is 2.68 bits per heavy atom. The first-order valence-electron chi connectivity index (χ1n) is 6.94. The number of ether oxygens (including phenoxy) is 2. The molecule has 0 bridgehead atoms. The standard InChI is InChI=1S/C14H20ClNO5S/c1-20-12-3-2-11(15)8-13(12)22(18,19)16-9-14(10-17)4-6-21-7-5-14/h2-3,8,16-17H,4-7,9-10H2,1H3. The van der Waals surface area contributed by atoms with Crippen LogP contribution < -0.4 is 9.46 Å². The molecule has 0 unspecified atom stereocenters. The van der Waals surface area contributed by atoms with Crippen LogP contribution in [-0.4, -0.2) is 47.0 Å². The molecule has 124 valence electrons. The van der Waals surface area contributed by atoms with Crippen molar-refractivity contribution in [3.05, 3.63) is 23.2 Å². The fourth-order valence-electron chi connectivity index (χ4n) is 2.38. The molecular weight excluding hydrogens is 330 g/mol. The molecule has 0 aliphatic carbocycles. The van der Waals surface area contributed by atoms with Gasteiger partial charge in [0.05, 0.1) is 13.7 Å². The zero-order valence-corrected chi connectivity index (χ0v) is 13.9. The molecule has 0 saturated carbocycles. The van der Waals surface area contributed by atoms with Crippen molar-refractivity contribution in [1.82, 2.24) is 4.72 Å². The molecular formula is C14H20ClNO5S. The topological polar surface area (TPSA) is 84.9 Å². The summed E-state index contributed by atoms with van der Waals surface area (Å²) in [4.78, 5) is -0.0114. The van der Waals surface area contributed by atoms with Crippen LogP contribution in [0, 0.1) is 5.41 Å². The maximum absolute atomic E-state index is 12.5. The van der Waals surface area contributed by atoms with E-state index in [1.807, 2.05) is 0 Å². The molecule has 0 amide bonds. The highest BCUT2D eigenvalue weighted by Gasteiger charge is 2.34. The van der Waals surface area contributed by atoms with Crippen molar-refractivity contribution >= 4 is 21.6 Å². The van der Waals surface area contributed by atoms with E-state index in [0.717, 1.165) is 0 Å². The Hall–Kier alpha value is -0.860. The Kier molecular flexibility index (Phi) is 5.68. The molecule has 0 spiro atoms. The highest BCUT2D eigenvalue weighted by molar-refractivity contribution is 7.89. The fraction of sp³-hybridized carbons (Fsp3) is 0.571. The molecule has 2 N–H and O–H groups in total. The predicted octanol–water partition coefficient (Wildman–Crippen LogP) is 1.42. The van der Waals surface area contributed by atoms with Crippen LogP contribution in [-0.2, 0) is 14.8 Å². The second kappa shape index (κ2) is 7.14. The van der Waals surface area contributed by atoms with Gasteiger partial charge in [0.2, 0.25) is 10.0 Å². The van der Waals surface area contributed by atoms with Crippen LogP contribution in [0.5, 0.6) is 5.75 Å². The lowest BCUT2D eigenvalue weighted by molar-refractivity contribution is -0.0126. The molecule has 22 heavy (non-hydrogen) atoms. The van der Waals surface area contributed by atoms with Crippen molar-refractivity contribution in [2.45, 2.75) is 17.7 Å². The van der Waals surface area contributed by atoms with Crippen LogP contribution in [0.4, 0.5) is 0 Å². The number of hydrogen-bond acceptors (Lipinski definition) is 5. The molecule has 1 fully saturated rings. The van der Waals surface area contributed by atoms with E-state index < -0.39 is 15.4 Å². The maximum atomic E-state index is 12.5. The van der Waals surface area contributed by atoms with Crippen LogP contribution >= 0.6 is 11.6 Å². The van der Waals surface area contributed by atoms with E-state index >= 15 is 0 Å². The first kappa shape index (κ1) is 17.5. The predicted molar refractivity (Wildman–Crippen MR) is 82.8 cm³/mol. The van der Waals surface area contributed by atoms with E-state index in [4.69, 9.17) is 21.1 Å². The lowest BCUT2D eigenvalue weighted by Crippen LogP contribution is -2.43. The molecule has 1 heterocycles. The van der Waals surface area contributed by atoms with Gasteiger partial charge in [0.15, 0.2) is 0 Å². The summed E-state index contributed by atoms with van der Waals surface area (Å²) in [6, 6.07) is 4.42. The Morgan fingerprint density at radius 1 is 1.41 bits per heavy atom. The molecule has 0 atom stereocenters. The molecule has 1 saturated heterocycles. The van der Waals surface area contributed by atoms with Crippen LogP contribution in [0.2, 0.25) is 5.02 Å². The summed E-state index contributed by atoms with van der Waals surface area (Å²) in [5, 5.41) is 9.93. The third kappa shape index (κ3) is 3.91. The average molecular weight is 350 g/mol. The number of rotatable bonds is 6. The molecule has 8 heteroatoms. The minimum Gasteiger partial charge on any atom is -0.495 e. The molecule has 0 radical (unpaired) electrons. The van der Waals surface area contributed by atoms with Crippen molar-refractivity contribution in [1.29, 1.82) is 0 Å². The van der Waals surface area contributed by atoms with Gasteiger partial charge >= 0.3 is 0 Å². The first-order chi connectivity index (χ1) is 10.4. The van der Waals surface area contributed by atoms with Crippen molar-refractivity contribution in [2.24, 2.45) is 5.41 Å². The third-order valence-corrected chi connectivity index (χ3v) is 5.60. The highest BCUT2D eigenvalue weighted by atomic mass is 35.5. The fourth-order valence-corrected chi connectivity index (χ4v) is 3.97. The number of nitrogens with one attached hydrogen (secondary N) is 1. The number of methoxy groups -OCH3 is 1.